The van der Waals surface area contributed by atoms with E-state index in [9.17, 15) is 4.79 Å². The summed E-state index contributed by atoms with van der Waals surface area (Å²) in [5.74, 6) is 0.765. The van der Waals surface area contributed by atoms with Gasteiger partial charge in [0, 0.05) is 15.6 Å². The lowest BCUT2D eigenvalue weighted by atomic mass is 10.0. The zero-order valence-corrected chi connectivity index (χ0v) is 13.4. The predicted octanol–water partition coefficient (Wildman–Crippen LogP) is 4.86. The van der Waals surface area contributed by atoms with Crippen LogP contribution in [0.15, 0.2) is 53.0 Å². The summed E-state index contributed by atoms with van der Waals surface area (Å²) in [6.45, 7) is 5.98. The van der Waals surface area contributed by atoms with Gasteiger partial charge in [0.1, 0.15) is 11.4 Å². The number of carbonyl (C=O) groups is 1. The molecule has 0 aliphatic carbocycles. The van der Waals surface area contributed by atoms with Gasteiger partial charge in [-0.15, -0.1) is 0 Å². The molecule has 0 spiro atoms. The SMILES string of the molecule is CC(C)(C)Oc1ccc(C(=O)c2ccccc2Br)cc1. The molecule has 0 heterocycles. The maximum Gasteiger partial charge on any atom is 0.194 e. The van der Waals surface area contributed by atoms with Crippen LogP contribution < -0.4 is 4.74 Å². The van der Waals surface area contributed by atoms with Crippen molar-refractivity contribution >= 4 is 21.7 Å². The van der Waals surface area contributed by atoms with Crippen LogP contribution in [0, 0.1) is 0 Å². The molecular formula is C17H17BrO2. The fourth-order valence-electron chi connectivity index (χ4n) is 1.83. The third-order valence-electron chi connectivity index (χ3n) is 2.66. The Labute approximate surface area is 127 Å². The molecule has 2 aromatic carbocycles. The maximum atomic E-state index is 12.4. The molecule has 2 nitrogen and oxygen atoms in total. The highest BCUT2D eigenvalue weighted by Gasteiger charge is 2.14. The van der Waals surface area contributed by atoms with Crippen molar-refractivity contribution in [2.75, 3.05) is 0 Å². The van der Waals surface area contributed by atoms with Crippen LogP contribution in [0.3, 0.4) is 0 Å². The summed E-state index contributed by atoms with van der Waals surface area (Å²) in [6, 6.07) is 14.7. The standard InChI is InChI=1S/C17H17BrO2/c1-17(2,3)20-13-10-8-12(9-11-13)16(19)14-6-4-5-7-15(14)18/h4-11H,1-3H3. The molecule has 0 bridgehead atoms. The lowest BCUT2D eigenvalue weighted by Gasteiger charge is -2.21. The van der Waals surface area contributed by atoms with E-state index in [0.717, 1.165) is 10.2 Å². The quantitative estimate of drug-likeness (QED) is 0.750. The first-order valence-electron chi connectivity index (χ1n) is 6.45. The van der Waals surface area contributed by atoms with Gasteiger partial charge in [-0.05, 0) is 57.2 Å². The molecule has 2 aromatic rings. The molecule has 0 amide bonds. The Morgan fingerprint density at radius 3 is 2.15 bits per heavy atom. The Balaban J connectivity index is 2.22. The van der Waals surface area contributed by atoms with E-state index >= 15 is 0 Å². The molecule has 0 saturated heterocycles. The molecule has 0 atom stereocenters. The lowest BCUT2D eigenvalue weighted by Crippen LogP contribution is -2.22. The zero-order valence-electron chi connectivity index (χ0n) is 11.8. The van der Waals surface area contributed by atoms with Crippen LogP contribution in [0.4, 0.5) is 0 Å². The molecule has 0 fully saturated rings. The second kappa shape index (κ2) is 5.80. The Morgan fingerprint density at radius 1 is 1.00 bits per heavy atom. The minimum Gasteiger partial charge on any atom is -0.488 e. The van der Waals surface area contributed by atoms with Gasteiger partial charge in [-0.2, -0.15) is 0 Å². The monoisotopic (exact) mass is 332 g/mol. The minimum atomic E-state index is -0.242. The van der Waals surface area contributed by atoms with Gasteiger partial charge in [-0.1, -0.05) is 28.1 Å². The highest BCUT2D eigenvalue weighted by molar-refractivity contribution is 9.10. The van der Waals surface area contributed by atoms with Crippen LogP contribution in [0.2, 0.25) is 0 Å². The summed E-state index contributed by atoms with van der Waals surface area (Å²) in [5.41, 5.74) is 1.07. The van der Waals surface area contributed by atoms with E-state index in [0.29, 0.717) is 11.1 Å². The predicted molar refractivity (Wildman–Crippen MR) is 84.4 cm³/mol. The van der Waals surface area contributed by atoms with Gasteiger partial charge >= 0.3 is 0 Å². The fourth-order valence-corrected chi connectivity index (χ4v) is 2.29. The number of carbonyl (C=O) groups excluding carboxylic acids is 1. The van der Waals surface area contributed by atoms with Crippen LogP contribution >= 0.6 is 15.9 Å². The van der Waals surface area contributed by atoms with Crippen LogP contribution in [0.25, 0.3) is 0 Å². The Kier molecular flexibility index (Phi) is 4.29. The maximum absolute atomic E-state index is 12.4. The van der Waals surface area contributed by atoms with Crippen molar-refractivity contribution in [1.29, 1.82) is 0 Å². The lowest BCUT2D eigenvalue weighted by molar-refractivity contribution is 0.103. The van der Waals surface area contributed by atoms with E-state index in [4.69, 9.17) is 4.74 Å². The van der Waals surface area contributed by atoms with Crippen molar-refractivity contribution in [3.8, 4) is 5.75 Å². The van der Waals surface area contributed by atoms with E-state index in [2.05, 4.69) is 15.9 Å². The molecule has 3 heteroatoms. The Morgan fingerprint density at radius 2 is 1.60 bits per heavy atom. The number of hydrogen-bond donors (Lipinski definition) is 0. The van der Waals surface area contributed by atoms with Crippen molar-refractivity contribution in [2.45, 2.75) is 26.4 Å². The van der Waals surface area contributed by atoms with Gasteiger partial charge in [-0.25, -0.2) is 0 Å². The average molecular weight is 333 g/mol. The first-order chi connectivity index (χ1) is 9.37. The topological polar surface area (TPSA) is 26.3 Å². The van der Waals surface area contributed by atoms with Gasteiger partial charge in [-0.3, -0.25) is 4.79 Å². The number of hydrogen-bond acceptors (Lipinski definition) is 2. The second-order valence-electron chi connectivity index (χ2n) is 5.55. The van der Waals surface area contributed by atoms with E-state index in [1.54, 1.807) is 12.1 Å². The summed E-state index contributed by atoms with van der Waals surface area (Å²) >= 11 is 3.40. The summed E-state index contributed by atoms with van der Waals surface area (Å²) in [7, 11) is 0. The summed E-state index contributed by atoms with van der Waals surface area (Å²) in [6.07, 6.45) is 0. The third-order valence-corrected chi connectivity index (χ3v) is 3.35. The smallest absolute Gasteiger partial charge is 0.194 e. The van der Waals surface area contributed by atoms with Crippen LogP contribution in [0.1, 0.15) is 36.7 Å². The number of ketones is 1. The minimum absolute atomic E-state index is 0.000200. The number of ether oxygens (including phenoxy) is 1. The number of rotatable bonds is 3. The Bertz CT molecular complexity index is 610. The van der Waals surface area contributed by atoms with Crippen molar-refractivity contribution in [2.24, 2.45) is 0 Å². The molecular weight excluding hydrogens is 316 g/mol. The molecule has 20 heavy (non-hydrogen) atoms. The molecule has 0 aliphatic rings. The number of halogens is 1. The highest BCUT2D eigenvalue weighted by Crippen LogP contribution is 2.22. The van der Waals surface area contributed by atoms with Crippen LogP contribution in [-0.4, -0.2) is 11.4 Å². The molecule has 0 radical (unpaired) electrons. The van der Waals surface area contributed by atoms with Crippen molar-refractivity contribution in [3.63, 3.8) is 0 Å². The van der Waals surface area contributed by atoms with Gasteiger partial charge in [0.2, 0.25) is 0 Å². The van der Waals surface area contributed by atoms with E-state index in [1.807, 2.05) is 57.2 Å². The Hall–Kier alpha value is -1.61. The first-order valence-corrected chi connectivity index (χ1v) is 7.24. The zero-order chi connectivity index (χ0) is 14.8. The van der Waals surface area contributed by atoms with Gasteiger partial charge < -0.3 is 4.74 Å². The summed E-state index contributed by atoms with van der Waals surface area (Å²) < 4.78 is 6.55. The highest BCUT2D eigenvalue weighted by atomic mass is 79.9. The molecule has 104 valence electrons. The van der Waals surface area contributed by atoms with E-state index < -0.39 is 0 Å². The molecule has 2 rings (SSSR count). The van der Waals surface area contributed by atoms with Crippen LogP contribution in [0.5, 0.6) is 5.75 Å². The van der Waals surface area contributed by atoms with Crippen molar-refractivity contribution in [1.82, 2.24) is 0 Å². The van der Waals surface area contributed by atoms with E-state index in [-0.39, 0.29) is 11.4 Å². The fraction of sp³-hybridized carbons (Fsp3) is 0.235. The number of benzene rings is 2. The van der Waals surface area contributed by atoms with E-state index in [1.165, 1.54) is 0 Å². The molecule has 0 unspecified atom stereocenters. The normalized spacial score (nSPS) is 11.2. The van der Waals surface area contributed by atoms with Crippen LogP contribution in [-0.2, 0) is 0 Å². The molecule has 0 aliphatic heterocycles. The van der Waals surface area contributed by atoms with Gasteiger partial charge in [0.15, 0.2) is 5.78 Å². The summed E-state index contributed by atoms with van der Waals surface area (Å²) in [4.78, 5) is 12.4. The average Bonchev–Trinajstić information content (AvgIpc) is 2.37. The summed E-state index contributed by atoms with van der Waals surface area (Å²) in [5, 5.41) is 0. The third kappa shape index (κ3) is 3.70. The molecule has 0 N–H and O–H groups in total. The van der Waals surface area contributed by atoms with Gasteiger partial charge in [0.05, 0.1) is 0 Å². The van der Waals surface area contributed by atoms with Crippen molar-refractivity contribution in [3.05, 3.63) is 64.1 Å². The molecule has 0 aromatic heterocycles. The second-order valence-corrected chi connectivity index (χ2v) is 6.40. The largest absolute Gasteiger partial charge is 0.488 e. The van der Waals surface area contributed by atoms with Crippen molar-refractivity contribution < 1.29 is 9.53 Å². The molecule has 0 saturated carbocycles. The first kappa shape index (κ1) is 14.8. The van der Waals surface area contributed by atoms with Gasteiger partial charge in [0.25, 0.3) is 0 Å².